The average Bonchev–Trinajstić information content (AvgIpc) is 2.04. The zero-order valence-electron chi connectivity index (χ0n) is 7.84. The molecule has 2 nitrogen and oxygen atoms in total. The lowest BCUT2D eigenvalue weighted by atomic mass is 9.68. The van der Waals surface area contributed by atoms with Crippen molar-refractivity contribution in [1.82, 2.24) is 5.32 Å². The Kier molecular flexibility index (Phi) is 2.13. The SMILES string of the molecule is CC1NCC[C@@]2(O)CCCC[C@@H]12. The van der Waals surface area contributed by atoms with Crippen molar-refractivity contribution in [3.8, 4) is 0 Å². The molecule has 1 saturated carbocycles. The van der Waals surface area contributed by atoms with Crippen LogP contribution in [-0.4, -0.2) is 23.3 Å². The molecule has 0 aromatic heterocycles. The summed E-state index contributed by atoms with van der Waals surface area (Å²) in [6.07, 6.45) is 5.73. The molecule has 0 spiro atoms. The summed E-state index contributed by atoms with van der Waals surface area (Å²) in [6.45, 7) is 3.20. The van der Waals surface area contributed by atoms with E-state index >= 15 is 0 Å². The summed E-state index contributed by atoms with van der Waals surface area (Å²) in [4.78, 5) is 0. The van der Waals surface area contributed by atoms with Gasteiger partial charge in [-0.3, -0.25) is 0 Å². The molecule has 1 aliphatic carbocycles. The Hall–Kier alpha value is -0.0800. The molecule has 0 radical (unpaired) electrons. The zero-order valence-corrected chi connectivity index (χ0v) is 7.84. The van der Waals surface area contributed by atoms with Crippen LogP contribution in [0.3, 0.4) is 0 Å². The third-order valence-electron chi connectivity index (χ3n) is 3.69. The fraction of sp³-hybridized carbons (Fsp3) is 1.00. The van der Waals surface area contributed by atoms with Gasteiger partial charge in [-0.25, -0.2) is 0 Å². The highest BCUT2D eigenvalue weighted by Gasteiger charge is 2.43. The highest BCUT2D eigenvalue weighted by Crippen LogP contribution is 2.40. The first kappa shape index (κ1) is 8.52. The Morgan fingerprint density at radius 2 is 2.17 bits per heavy atom. The molecule has 3 atom stereocenters. The van der Waals surface area contributed by atoms with E-state index in [0.29, 0.717) is 12.0 Å². The summed E-state index contributed by atoms with van der Waals surface area (Å²) in [5.74, 6) is 0.514. The summed E-state index contributed by atoms with van der Waals surface area (Å²) >= 11 is 0. The minimum absolute atomic E-state index is 0.317. The van der Waals surface area contributed by atoms with Gasteiger partial charge in [0.05, 0.1) is 5.60 Å². The van der Waals surface area contributed by atoms with Crippen LogP contribution in [-0.2, 0) is 0 Å². The van der Waals surface area contributed by atoms with E-state index in [0.717, 1.165) is 19.4 Å². The van der Waals surface area contributed by atoms with Crippen molar-refractivity contribution in [3.05, 3.63) is 0 Å². The van der Waals surface area contributed by atoms with Crippen molar-refractivity contribution in [2.24, 2.45) is 5.92 Å². The Bertz CT molecular complexity index is 167. The first-order valence-corrected chi connectivity index (χ1v) is 5.18. The topological polar surface area (TPSA) is 32.3 Å². The van der Waals surface area contributed by atoms with E-state index in [1.807, 2.05) is 0 Å². The molecule has 2 aliphatic rings. The van der Waals surface area contributed by atoms with Gasteiger partial charge in [0.1, 0.15) is 0 Å². The van der Waals surface area contributed by atoms with Crippen LogP contribution < -0.4 is 5.32 Å². The fourth-order valence-electron chi connectivity index (χ4n) is 2.93. The van der Waals surface area contributed by atoms with Gasteiger partial charge in [-0.1, -0.05) is 12.8 Å². The second-order valence-electron chi connectivity index (χ2n) is 4.45. The van der Waals surface area contributed by atoms with Gasteiger partial charge in [-0.2, -0.15) is 0 Å². The fourth-order valence-corrected chi connectivity index (χ4v) is 2.93. The van der Waals surface area contributed by atoms with Crippen LogP contribution in [0.25, 0.3) is 0 Å². The molecule has 0 aromatic carbocycles. The third-order valence-corrected chi connectivity index (χ3v) is 3.69. The highest BCUT2D eigenvalue weighted by atomic mass is 16.3. The number of aliphatic hydroxyl groups is 1. The van der Waals surface area contributed by atoms with Crippen LogP contribution in [0.4, 0.5) is 0 Å². The smallest absolute Gasteiger partial charge is 0.0702 e. The molecule has 12 heavy (non-hydrogen) atoms. The molecule has 70 valence electrons. The maximum absolute atomic E-state index is 10.3. The first-order chi connectivity index (χ1) is 5.72. The van der Waals surface area contributed by atoms with E-state index in [9.17, 15) is 5.11 Å². The lowest BCUT2D eigenvalue weighted by molar-refractivity contribution is -0.0823. The molecule has 1 aliphatic heterocycles. The largest absolute Gasteiger partial charge is 0.389 e. The van der Waals surface area contributed by atoms with Gasteiger partial charge in [0.2, 0.25) is 0 Å². The molecule has 2 fully saturated rings. The normalized spacial score (nSPS) is 48.5. The second kappa shape index (κ2) is 3.00. The molecular weight excluding hydrogens is 150 g/mol. The standard InChI is InChI=1S/C10H19NO/c1-8-9-4-2-3-5-10(9,12)6-7-11-8/h8-9,11-12H,2-7H2,1H3/t8?,9-,10-/m0/s1. The quantitative estimate of drug-likeness (QED) is 0.572. The number of rotatable bonds is 0. The summed E-state index contributed by atoms with van der Waals surface area (Å²) < 4.78 is 0. The molecule has 0 amide bonds. The van der Waals surface area contributed by atoms with Crippen LogP contribution in [0, 0.1) is 5.92 Å². The zero-order chi connectivity index (χ0) is 8.60. The molecule has 1 heterocycles. The van der Waals surface area contributed by atoms with Crippen molar-refractivity contribution < 1.29 is 5.11 Å². The molecule has 2 N–H and O–H groups in total. The maximum atomic E-state index is 10.3. The molecular formula is C10H19NO. The number of nitrogens with one attached hydrogen (secondary N) is 1. The molecule has 2 heteroatoms. The van der Waals surface area contributed by atoms with Crippen LogP contribution >= 0.6 is 0 Å². The van der Waals surface area contributed by atoms with Crippen LogP contribution in [0.1, 0.15) is 39.0 Å². The van der Waals surface area contributed by atoms with Crippen LogP contribution in [0.5, 0.6) is 0 Å². The molecule has 1 unspecified atom stereocenters. The van der Waals surface area contributed by atoms with Crippen molar-refractivity contribution in [2.45, 2.75) is 50.7 Å². The lowest BCUT2D eigenvalue weighted by Crippen LogP contribution is -2.56. The van der Waals surface area contributed by atoms with Crippen LogP contribution in [0.15, 0.2) is 0 Å². The number of hydrogen-bond acceptors (Lipinski definition) is 2. The van der Waals surface area contributed by atoms with Gasteiger partial charge in [-0.05, 0) is 32.7 Å². The van der Waals surface area contributed by atoms with Gasteiger partial charge in [0.15, 0.2) is 0 Å². The van der Waals surface area contributed by atoms with Crippen molar-refractivity contribution in [1.29, 1.82) is 0 Å². The van der Waals surface area contributed by atoms with Crippen molar-refractivity contribution in [2.75, 3.05) is 6.54 Å². The summed E-state index contributed by atoms with van der Waals surface area (Å²) in [7, 11) is 0. The van der Waals surface area contributed by atoms with E-state index in [2.05, 4.69) is 12.2 Å². The maximum Gasteiger partial charge on any atom is 0.0702 e. The van der Waals surface area contributed by atoms with Crippen molar-refractivity contribution >= 4 is 0 Å². The van der Waals surface area contributed by atoms with Crippen LogP contribution in [0.2, 0.25) is 0 Å². The number of piperidine rings is 1. The van der Waals surface area contributed by atoms with Crippen molar-refractivity contribution in [3.63, 3.8) is 0 Å². The van der Waals surface area contributed by atoms with Gasteiger partial charge in [-0.15, -0.1) is 0 Å². The molecule has 0 bridgehead atoms. The minimum Gasteiger partial charge on any atom is -0.389 e. The van der Waals surface area contributed by atoms with E-state index in [1.54, 1.807) is 0 Å². The lowest BCUT2D eigenvalue weighted by Gasteiger charge is -2.47. The van der Waals surface area contributed by atoms with E-state index in [-0.39, 0.29) is 5.60 Å². The predicted molar refractivity (Wildman–Crippen MR) is 49.0 cm³/mol. The third kappa shape index (κ3) is 1.27. The monoisotopic (exact) mass is 169 g/mol. The first-order valence-electron chi connectivity index (χ1n) is 5.18. The van der Waals surface area contributed by atoms with E-state index in [4.69, 9.17) is 0 Å². The van der Waals surface area contributed by atoms with Gasteiger partial charge in [0, 0.05) is 12.0 Å². The van der Waals surface area contributed by atoms with Gasteiger partial charge in [0.25, 0.3) is 0 Å². The molecule has 1 saturated heterocycles. The second-order valence-corrected chi connectivity index (χ2v) is 4.45. The summed E-state index contributed by atoms with van der Waals surface area (Å²) in [5, 5.41) is 13.8. The number of hydrogen-bond donors (Lipinski definition) is 2. The minimum atomic E-state index is -0.317. The Labute approximate surface area is 74.4 Å². The summed E-state index contributed by atoms with van der Waals surface area (Å²) in [6, 6.07) is 0.518. The predicted octanol–water partition coefficient (Wildman–Crippen LogP) is 1.29. The molecule has 2 rings (SSSR count). The van der Waals surface area contributed by atoms with Gasteiger partial charge < -0.3 is 10.4 Å². The Morgan fingerprint density at radius 1 is 1.33 bits per heavy atom. The van der Waals surface area contributed by atoms with E-state index < -0.39 is 0 Å². The summed E-state index contributed by atoms with van der Waals surface area (Å²) in [5.41, 5.74) is -0.317. The Balaban J connectivity index is 2.12. The average molecular weight is 169 g/mol. The van der Waals surface area contributed by atoms with Gasteiger partial charge >= 0.3 is 0 Å². The molecule has 0 aromatic rings. The highest BCUT2D eigenvalue weighted by molar-refractivity contribution is 4.98. The van der Waals surface area contributed by atoms with E-state index in [1.165, 1.54) is 19.3 Å². The number of fused-ring (bicyclic) bond motifs is 1. The Morgan fingerprint density at radius 3 is 2.92 bits per heavy atom.